The molecule has 170 valence electrons. The molecular formula is C26H28N4O3. The van der Waals surface area contributed by atoms with E-state index in [0.29, 0.717) is 5.69 Å². The number of anilines is 2. The van der Waals surface area contributed by atoms with Crippen molar-refractivity contribution < 1.29 is 9.59 Å². The summed E-state index contributed by atoms with van der Waals surface area (Å²) < 4.78 is 0. The van der Waals surface area contributed by atoms with E-state index in [0.717, 1.165) is 30.0 Å². The van der Waals surface area contributed by atoms with E-state index in [9.17, 15) is 14.4 Å². The van der Waals surface area contributed by atoms with E-state index >= 15 is 0 Å². The SMILES string of the molecule is CC(CC(=O)Nc1cccc(N2CCCC2)c1)NC(=O)c1ccc(-c2ccccc2)[nH]c1=O. The van der Waals surface area contributed by atoms with Gasteiger partial charge in [-0.05, 0) is 55.7 Å². The van der Waals surface area contributed by atoms with Crippen LogP contribution >= 0.6 is 0 Å². The highest BCUT2D eigenvalue weighted by Crippen LogP contribution is 2.23. The van der Waals surface area contributed by atoms with Crippen molar-refractivity contribution in [1.82, 2.24) is 10.3 Å². The molecule has 1 aromatic heterocycles. The highest BCUT2D eigenvalue weighted by molar-refractivity contribution is 5.95. The number of hydrogen-bond donors (Lipinski definition) is 3. The second-order valence-electron chi connectivity index (χ2n) is 8.35. The zero-order chi connectivity index (χ0) is 23.2. The maximum Gasteiger partial charge on any atom is 0.261 e. The van der Waals surface area contributed by atoms with Gasteiger partial charge in [0, 0.05) is 42.6 Å². The molecule has 3 aromatic rings. The van der Waals surface area contributed by atoms with Crippen LogP contribution in [0.4, 0.5) is 11.4 Å². The van der Waals surface area contributed by atoms with Crippen molar-refractivity contribution in [3.05, 3.63) is 82.6 Å². The Hall–Kier alpha value is -3.87. The molecule has 0 aliphatic carbocycles. The van der Waals surface area contributed by atoms with Crippen LogP contribution in [-0.2, 0) is 4.79 Å². The highest BCUT2D eigenvalue weighted by atomic mass is 16.2. The van der Waals surface area contributed by atoms with Crippen LogP contribution in [0, 0.1) is 0 Å². The molecule has 2 aromatic carbocycles. The number of pyridine rings is 1. The molecular weight excluding hydrogens is 416 g/mol. The smallest absolute Gasteiger partial charge is 0.261 e. The Balaban J connectivity index is 1.33. The van der Waals surface area contributed by atoms with Crippen molar-refractivity contribution in [3.8, 4) is 11.3 Å². The maximum absolute atomic E-state index is 12.6. The first kappa shape index (κ1) is 22.3. The molecule has 4 rings (SSSR count). The minimum absolute atomic E-state index is 0.0141. The Morgan fingerprint density at radius 2 is 1.76 bits per heavy atom. The van der Waals surface area contributed by atoms with Crippen LogP contribution in [0.2, 0.25) is 0 Å². The van der Waals surface area contributed by atoms with Gasteiger partial charge in [0.1, 0.15) is 5.56 Å². The molecule has 1 aliphatic rings. The average molecular weight is 445 g/mol. The fraction of sp³-hybridized carbons (Fsp3) is 0.269. The summed E-state index contributed by atoms with van der Waals surface area (Å²) >= 11 is 0. The number of amides is 2. The fourth-order valence-electron chi connectivity index (χ4n) is 4.04. The summed E-state index contributed by atoms with van der Waals surface area (Å²) in [5.74, 6) is -0.707. The molecule has 0 spiro atoms. The van der Waals surface area contributed by atoms with Crippen molar-refractivity contribution in [2.24, 2.45) is 0 Å². The number of aromatic nitrogens is 1. The lowest BCUT2D eigenvalue weighted by Crippen LogP contribution is -2.38. The lowest BCUT2D eigenvalue weighted by atomic mass is 10.1. The van der Waals surface area contributed by atoms with Crippen LogP contribution in [0.15, 0.2) is 71.5 Å². The van der Waals surface area contributed by atoms with E-state index in [1.54, 1.807) is 13.0 Å². The summed E-state index contributed by atoms with van der Waals surface area (Å²) in [5, 5.41) is 5.64. The number of aromatic amines is 1. The number of rotatable bonds is 7. The van der Waals surface area contributed by atoms with Gasteiger partial charge in [-0.25, -0.2) is 0 Å². The molecule has 2 heterocycles. The lowest BCUT2D eigenvalue weighted by Gasteiger charge is -2.19. The van der Waals surface area contributed by atoms with Gasteiger partial charge in [0.15, 0.2) is 0 Å². The van der Waals surface area contributed by atoms with Gasteiger partial charge in [-0.2, -0.15) is 0 Å². The standard InChI is InChI=1S/C26H28N4O3/c1-18(16-24(31)28-20-10-7-11-21(17-20)30-14-5-6-15-30)27-25(32)22-12-13-23(29-26(22)33)19-8-3-2-4-9-19/h2-4,7-13,17-18H,5-6,14-16H2,1H3,(H,27,32)(H,28,31)(H,29,33). The summed E-state index contributed by atoms with van der Waals surface area (Å²) in [7, 11) is 0. The lowest BCUT2D eigenvalue weighted by molar-refractivity contribution is -0.116. The predicted octanol–water partition coefficient (Wildman–Crippen LogP) is 3.79. The molecule has 1 fully saturated rings. The third kappa shape index (κ3) is 5.68. The number of nitrogens with one attached hydrogen (secondary N) is 3. The van der Waals surface area contributed by atoms with Crippen molar-refractivity contribution in [2.75, 3.05) is 23.3 Å². The molecule has 2 amide bonds. The van der Waals surface area contributed by atoms with Crippen LogP contribution in [0.3, 0.4) is 0 Å². The van der Waals surface area contributed by atoms with Crippen molar-refractivity contribution >= 4 is 23.2 Å². The first-order valence-corrected chi connectivity index (χ1v) is 11.2. The van der Waals surface area contributed by atoms with Gasteiger partial charge < -0.3 is 20.5 Å². The number of nitrogens with zero attached hydrogens (tertiary/aromatic N) is 1. The molecule has 0 bridgehead atoms. The van der Waals surface area contributed by atoms with Gasteiger partial charge >= 0.3 is 0 Å². The Morgan fingerprint density at radius 3 is 2.48 bits per heavy atom. The van der Waals surface area contributed by atoms with Crippen LogP contribution < -0.4 is 21.1 Å². The van der Waals surface area contributed by atoms with E-state index in [1.807, 2.05) is 54.6 Å². The molecule has 3 N–H and O–H groups in total. The largest absolute Gasteiger partial charge is 0.371 e. The van der Waals surface area contributed by atoms with Crippen molar-refractivity contribution in [1.29, 1.82) is 0 Å². The Labute approximate surface area is 192 Å². The van der Waals surface area contributed by atoms with Gasteiger partial charge in [-0.15, -0.1) is 0 Å². The second-order valence-corrected chi connectivity index (χ2v) is 8.35. The summed E-state index contributed by atoms with van der Waals surface area (Å²) in [6.07, 6.45) is 2.47. The summed E-state index contributed by atoms with van der Waals surface area (Å²) in [4.78, 5) is 42.6. The van der Waals surface area contributed by atoms with Gasteiger partial charge in [0.25, 0.3) is 11.5 Å². The van der Waals surface area contributed by atoms with Crippen molar-refractivity contribution in [2.45, 2.75) is 32.2 Å². The van der Waals surface area contributed by atoms with Crippen LogP contribution in [0.25, 0.3) is 11.3 Å². The number of hydrogen-bond acceptors (Lipinski definition) is 4. The summed E-state index contributed by atoms with van der Waals surface area (Å²) in [5.41, 5.74) is 2.88. The fourth-order valence-corrected chi connectivity index (χ4v) is 4.04. The molecule has 7 nitrogen and oxygen atoms in total. The number of carbonyl (C=O) groups excluding carboxylic acids is 2. The average Bonchev–Trinajstić information content (AvgIpc) is 3.34. The van der Waals surface area contributed by atoms with Crippen molar-refractivity contribution in [3.63, 3.8) is 0 Å². The van der Waals surface area contributed by atoms with Gasteiger partial charge in [-0.1, -0.05) is 36.4 Å². The first-order valence-electron chi connectivity index (χ1n) is 11.2. The number of benzene rings is 2. The van der Waals surface area contributed by atoms with E-state index in [2.05, 4.69) is 20.5 Å². The molecule has 1 atom stereocenters. The van der Waals surface area contributed by atoms with Crippen LogP contribution in [0.1, 0.15) is 36.5 Å². The Morgan fingerprint density at radius 1 is 1.00 bits per heavy atom. The summed E-state index contributed by atoms with van der Waals surface area (Å²) in [6.45, 7) is 3.81. The molecule has 1 saturated heterocycles. The van der Waals surface area contributed by atoms with Gasteiger partial charge in [0.05, 0.1) is 0 Å². The normalized spacial score (nSPS) is 14.0. The third-order valence-electron chi connectivity index (χ3n) is 5.71. The Bertz CT molecular complexity index is 1180. The summed E-state index contributed by atoms with van der Waals surface area (Å²) in [6, 6.07) is 20.0. The van der Waals surface area contributed by atoms with E-state index in [1.165, 1.54) is 18.9 Å². The second kappa shape index (κ2) is 10.2. The quantitative estimate of drug-likeness (QED) is 0.517. The highest BCUT2D eigenvalue weighted by Gasteiger charge is 2.17. The third-order valence-corrected chi connectivity index (χ3v) is 5.71. The minimum atomic E-state index is -0.507. The molecule has 0 saturated carbocycles. The monoisotopic (exact) mass is 444 g/mol. The zero-order valence-corrected chi connectivity index (χ0v) is 18.6. The molecule has 0 radical (unpaired) electrons. The van der Waals surface area contributed by atoms with E-state index < -0.39 is 17.5 Å². The topological polar surface area (TPSA) is 94.3 Å². The molecule has 33 heavy (non-hydrogen) atoms. The molecule has 1 unspecified atom stereocenters. The first-order chi connectivity index (χ1) is 16.0. The predicted molar refractivity (Wildman–Crippen MR) is 131 cm³/mol. The molecule has 1 aliphatic heterocycles. The number of H-pyrrole nitrogens is 1. The van der Waals surface area contributed by atoms with Gasteiger partial charge in [0.2, 0.25) is 5.91 Å². The zero-order valence-electron chi connectivity index (χ0n) is 18.6. The van der Waals surface area contributed by atoms with Gasteiger partial charge in [-0.3, -0.25) is 14.4 Å². The van der Waals surface area contributed by atoms with Crippen LogP contribution in [0.5, 0.6) is 0 Å². The molecule has 7 heteroatoms. The maximum atomic E-state index is 12.6. The number of carbonyl (C=O) groups is 2. The van der Waals surface area contributed by atoms with Crippen LogP contribution in [-0.4, -0.2) is 35.9 Å². The van der Waals surface area contributed by atoms with E-state index in [-0.39, 0.29) is 17.9 Å². The Kier molecular flexibility index (Phi) is 6.88. The van der Waals surface area contributed by atoms with E-state index in [4.69, 9.17) is 0 Å². The minimum Gasteiger partial charge on any atom is -0.371 e.